The molecule has 0 saturated carbocycles. The number of nitrogens with zero attached hydrogens (tertiary/aromatic N) is 1. The second-order valence-electron chi connectivity index (χ2n) is 4.60. The van der Waals surface area contributed by atoms with E-state index in [0.717, 1.165) is 5.56 Å². The zero-order valence-electron chi connectivity index (χ0n) is 9.95. The van der Waals surface area contributed by atoms with Gasteiger partial charge in [0.25, 0.3) is 0 Å². The summed E-state index contributed by atoms with van der Waals surface area (Å²) >= 11 is 0. The molecule has 3 nitrogen and oxygen atoms in total. The fraction of sp³-hybridized carbons (Fsp3) is 0.417. The third kappa shape index (κ3) is 3.53. The molecular formula is C12H16FNO2. The molecule has 0 aliphatic rings. The summed E-state index contributed by atoms with van der Waals surface area (Å²) in [5.74, 6) is 0. The van der Waals surface area contributed by atoms with Crippen molar-refractivity contribution in [3.05, 3.63) is 29.8 Å². The van der Waals surface area contributed by atoms with Gasteiger partial charge in [0.1, 0.15) is 5.60 Å². The Bertz CT molecular complexity index is 385. The molecule has 1 aromatic rings. The highest BCUT2D eigenvalue weighted by atomic mass is 19.2. The summed E-state index contributed by atoms with van der Waals surface area (Å²) in [4.78, 5) is 11.4. The summed E-state index contributed by atoms with van der Waals surface area (Å²) < 4.78 is 18.5. The quantitative estimate of drug-likeness (QED) is 0.683. The van der Waals surface area contributed by atoms with Crippen LogP contribution in [0.3, 0.4) is 0 Å². The van der Waals surface area contributed by atoms with Crippen molar-refractivity contribution in [1.82, 2.24) is 0 Å². The number of carbonyl (C=O) groups excluding carboxylic acids is 1. The van der Waals surface area contributed by atoms with E-state index in [-0.39, 0.29) is 10.8 Å². The molecule has 16 heavy (non-hydrogen) atoms. The average molecular weight is 225 g/mol. The van der Waals surface area contributed by atoms with Gasteiger partial charge >= 0.3 is 6.09 Å². The molecule has 0 heterocycles. The van der Waals surface area contributed by atoms with E-state index in [2.05, 4.69) is 0 Å². The number of ether oxygens (including phenoxy) is 1. The van der Waals surface area contributed by atoms with E-state index in [1.807, 2.05) is 13.0 Å². The first-order chi connectivity index (χ1) is 7.29. The summed E-state index contributed by atoms with van der Waals surface area (Å²) in [5, 5.41) is 0.0122. The van der Waals surface area contributed by atoms with Crippen molar-refractivity contribution in [2.24, 2.45) is 0 Å². The molecule has 1 rings (SSSR count). The Morgan fingerprint density at radius 3 is 2.50 bits per heavy atom. The van der Waals surface area contributed by atoms with Crippen LogP contribution in [0.15, 0.2) is 24.3 Å². The van der Waals surface area contributed by atoms with Crippen LogP contribution < -0.4 is 5.12 Å². The van der Waals surface area contributed by atoms with Gasteiger partial charge < -0.3 is 4.74 Å². The number of amides is 1. The second-order valence-corrected chi connectivity index (χ2v) is 4.60. The molecule has 1 amide bonds. The zero-order valence-corrected chi connectivity index (χ0v) is 9.95. The topological polar surface area (TPSA) is 29.5 Å². The molecule has 0 fully saturated rings. The first-order valence-electron chi connectivity index (χ1n) is 5.05. The number of hydrogen-bond acceptors (Lipinski definition) is 2. The minimum atomic E-state index is -1.00. The molecule has 1 aromatic carbocycles. The molecule has 0 aliphatic heterocycles. The van der Waals surface area contributed by atoms with E-state index in [4.69, 9.17) is 4.74 Å². The van der Waals surface area contributed by atoms with Crippen molar-refractivity contribution in [3.63, 3.8) is 0 Å². The van der Waals surface area contributed by atoms with Crippen LogP contribution in [-0.4, -0.2) is 11.7 Å². The van der Waals surface area contributed by atoms with Crippen molar-refractivity contribution in [1.29, 1.82) is 0 Å². The minimum Gasteiger partial charge on any atom is -0.442 e. The lowest BCUT2D eigenvalue weighted by molar-refractivity contribution is 0.0501. The highest BCUT2D eigenvalue weighted by Crippen LogP contribution is 2.19. The van der Waals surface area contributed by atoms with Gasteiger partial charge in [0.15, 0.2) is 0 Å². The van der Waals surface area contributed by atoms with Gasteiger partial charge in [-0.15, -0.1) is 5.12 Å². The molecule has 0 atom stereocenters. The number of aryl methyl sites for hydroxylation is 1. The lowest BCUT2D eigenvalue weighted by atomic mass is 10.2. The predicted molar refractivity (Wildman–Crippen MR) is 61.0 cm³/mol. The minimum absolute atomic E-state index is 0.0122. The van der Waals surface area contributed by atoms with Crippen LogP contribution in [0.4, 0.5) is 15.0 Å². The van der Waals surface area contributed by atoms with E-state index in [1.54, 1.807) is 32.9 Å². The Hall–Kier alpha value is -1.58. The summed E-state index contributed by atoms with van der Waals surface area (Å²) in [6.07, 6.45) is -1.00. The smallest absolute Gasteiger partial charge is 0.442 e. The third-order valence-electron chi connectivity index (χ3n) is 1.78. The first-order valence-corrected chi connectivity index (χ1v) is 5.05. The number of halogens is 1. The summed E-state index contributed by atoms with van der Waals surface area (Å²) in [5.41, 5.74) is 0.351. The number of benzene rings is 1. The number of anilines is 1. The molecule has 88 valence electrons. The largest absolute Gasteiger partial charge is 0.443 e. The first kappa shape index (κ1) is 12.5. The van der Waals surface area contributed by atoms with Crippen LogP contribution in [0.1, 0.15) is 26.3 Å². The maximum atomic E-state index is 13.6. The second kappa shape index (κ2) is 4.51. The Labute approximate surface area is 94.8 Å². The van der Waals surface area contributed by atoms with Crippen LogP contribution in [0.2, 0.25) is 0 Å². The maximum absolute atomic E-state index is 13.6. The molecule has 0 spiro atoms. The van der Waals surface area contributed by atoms with Gasteiger partial charge in [0, 0.05) is 0 Å². The van der Waals surface area contributed by atoms with Gasteiger partial charge in [0.2, 0.25) is 0 Å². The van der Waals surface area contributed by atoms with Gasteiger partial charge in [-0.3, -0.25) is 0 Å². The van der Waals surface area contributed by atoms with E-state index in [1.165, 1.54) is 6.07 Å². The van der Waals surface area contributed by atoms with Crippen LogP contribution in [0, 0.1) is 6.92 Å². The Balaban J connectivity index is 2.78. The lowest BCUT2D eigenvalue weighted by Gasteiger charge is -2.22. The molecule has 0 N–H and O–H groups in total. The zero-order chi connectivity index (χ0) is 12.3. The summed E-state index contributed by atoms with van der Waals surface area (Å²) in [6.45, 7) is 6.89. The highest BCUT2D eigenvalue weighted by molar-refractivity contribution is 5.85. The predicted octanol–water partition coefficient (Wildman–Crippen LogP) is 3.62. The van der Waals surface area contributed by atoms with Gasteiger partial charge in [0.05, 0.1) is 5.69 Å². The van der Waals surface area contributed by atoms with Crippen molar-refractivity contribution in [3.8, 4) is 0 Å². The lowest BCUT2D eigenvalue weighted by Crippen LogP contribution is -2.31. The standard InChI is InChI=1S/C12H16FNO2/c1-9-6-5-7-10(8-9)14(13)11(15)16-12(2,3)4/h5-8H,1-4H3. The monoisotopic (exact) mass is 225 g/mol. The van der Waals surface area contributed by atoms with Gasteiger partial charge in [-0.1, -0.05) is 16.6 Å². The average Bonchev–Trinajstić information content (AvgIpc) is 2.14. The fourth-order valence-corrected chi connectivity index (χ4v) is 1.16. The Morgan fingerprint density at radius 1 is 1.38 bits per heavy atom. The Morgan fingerprint density at radius 2 is 2.00 bits per heavy atom. The van der Waals surface area contributed by atoms with Gasteiger partial charge in [-0.05, 0) is 45.4 Å². The molecule has 4 heteroatoms. The molecule has 0 radical (unpaired) electrons. The van der Waals surface area contributed by atoms with Crippen molar-refractivity contribution < 1.29 is 14.0 Å². The van der Waals surface area contributed by atoms with E-state index in [0.29, 0.717) is 0 Å². The van der Waals surface area contributed by atoms with E-state index in [9.17, 15) is 9.28 Å². The molecular weight excluding hydrogens is 209 g/mol. The summed E-state index contributed by atoms with van der Waals surface area (Å²) in [7, 11) is 0. The van der Waals surface area contributed by atoms with Gasteiger partial charge in [-0.2, -0.15) is 0 Å². The van der Waals surface area contributed by atoms with Crippen LogP contribution in [0.5, 0.6) is 0 Å². The van der Waals surface area contributed by atoms with Crippen LogP contribution in [0.25, 0.3) is 0 Å². The fourth-order valence-electron chi connectivity index (χ4n) is 1.16. The molecule has 0 aliphatic carbocycles. The van der Waals surface area contributed by atoms with Crippen molar-refractivity contribution in [2.75, 3.05) is 5.12 Å². The van der Waals surface area contributed by atoms with E-state index >= 15 is 0 Å². The summed E-state index contributed by atoms with van der Waals surface area (Å²) in [6, 6.07) is 6.59. The Kier molecular flexibility index (Phi) is 3.52. The van der Waals surface area contributed by atoms with E-state index < -0.39 is 11.7 Å². The number of carbonyl (C=O) groups is 1. The number of rotatable bonds is 1. The molecule has 0 unspecified atom stereocenters. The van der Waals surface area contributed by atoms with Gasteiger partial charge in [-0.25, -0.2) is 4.79 Å². The van der Waals surface area contributed by atoms with Crippen molar-refractivity contribution in [2.45, 2.75) is 33.3 Å². The SMILES string of the molecule is Cc1cccc(N(F)C(=O)OC(C)(C)C)c1. The maximum Gasteiger partial charge on any atom is 0.443 e. The third-order valence-corrected chi connectivity index (χ3v) is 1.78. The molecule has 0 aromatic heterocycles. The van der Waals surface area contributed by atoms with Crippen LogP contribution >= 0.6 is 0 Å². The number of hydrogen-bond donors (Lipinski definition) is 0. The normalized spacial score (nSPS) is 11.1. The van der Waals surface area contributed by atoms with Crippen LogP contribution in [-0.2, 0) is 4.74 Å². The highest BCUT2D eigenvalue weighted by Gasteiger charge is 2.23. The van der Waals surface area contributed by atoms with Crippen molar-refractivity contribution >= 4 is 11.8 Å². The molecule has 0 saturated heterocycles. The molecule has 0 bridgehead atoms.